The van der Waals surface area contributed by atoms with E-state index in [0.29, 0.717) is 24.8 Å². The number of hydrogen-bond donors (Lipinski definition) is 0. The van der Waals surface area contributed by atoms with E-state index in [0.717, 1.165) is 21.3 Å². The summed E-state index contributed by atoms with van der Waals surface area (Å²) in [6.45, 7) is 3.12. The van der Waals surface area contributed by atoms with E-state index in [9.17, 15) is 0 Å². The average Bonchev–Trinajstić information content (AvgIpc) is 3.00. The Bertz CT molecular complexity index is 766. The lowest BCUT2D eigenvalue weighted by Crippen LogP contribution is -2.23. The van der Waals surface area contributed by atoms with Crippen LogP contribution in [-0.4, -0.2) is 25.8 Å². The van der Waals surface area contributed by atoms with E-state index < -0.39 is 0 Å². The summed E-state index contributed by atoms with van der Waals surface area (Å²) in [5.74, 6) is 1.40. The zero-order valence-electron chi connectivity index (χ0n) is 13.9. The molecule has 0 saturated heterocycles. The predicted molar refractivity (Wildman–Crippen MR) is 96.2 cm³/mol. The van der Waals surface area contributed by atoms with Gasteiger partial charge in [-0.2, -0.15) is 0 Å². The first-order valence-electron chi connectivity index (χ1n) is 7.53. The minimum Gasteiger partial charge on any atom is -0.493 e. The summed E-state index contributed by atoms with van der Waals surface area (Å²) in [5, 5.41) is 11.9. The molecule has 2 aromatic rings. The van der Waals surface area contributed by atoms with Crippen molar-refractivity contribution in [2.45, 2.75) is 13.5 Å². The van der Waals surface area contributed by atoms with Crippen LogP contribution < -0.4 is 14.5 Å². The van der Waals surface area contributed by atoms with Gasteiger partial charge in [0.1, 0.15) is 13.3 Å². The molecule has 1 aliphatic rings. The van der Waals surface area contributed by atoms with E-state index in [4.69, 9.17) is 9.47 Å². The van der Waals surface area contributed by atoms with Gasteiger partial charge in [0.2, 0.25) is 0 Å². The molecule has 24 heavy (non-hydrogen) atoms. The van der Waals surface area contributed by atoms with Gasteiger partial charge < -0.3 is 9.47 Å². The molecule has 2 aromatic carbocycles. The molecule has 0 aliphatic carbocycles. The number of ether oxygens (including phenoxy) is 2. The van der Waals surface area contributed by atoms with Crippen LogP contribution in [0.3, 0.4) is 0 Å². The monoisotopic (exact) mass is 390 g/mol. The number of halogens is 1. The van der Waals surface area contributed by atoms with Crippen LogP contribution in [0.5, 0.6) is 11.5 Å². The van der Waals surface area contributed by atoms with Crippen LogP contribution in [0.4, 0.5) is 5.69 Å². The first-order valence-corrected chi connectivity index (χ1v) is 8.33. The van der Waals surface area contributed by atoms with Crippen molar-refractivity contribution in [3.05, 3.63) is 52.0 Å². The van der Waals surface area contributed by atoms with Gasteiger partial charge in [-0.15, -0.1) is 0 Å². The third-order valence-corrected chi connectivity index (χ3v) is 4.29. The van der Waals surface area contributed by atoms with Crippen molar-refractivity contribution in [3.63, 3.8) is 0 Å². The van der Waals surface area contributed by atoms with Crippen LogP contribution in [0, 0.1) is 6.92 Å². The Morgan fingerprint density at radius 3 is 2.71 bits per heavy atom. The fourth-order valence-electron chi connectivity index (χ4n) is 2.52. The molecule has 0 bridgehead atoms. The predicted octanol–water partition coefficient (Wildman–Crippen LogP) is 4.34. The fraction of sp³-hybridized carbons (Fsp3) is 0.294. The van der Waals surface area contributed by atoms with Gasteiger partial charge in [-0.05, 0) is 42.0 Å². The zero-order valence-corrected chi connectivity index (χ0v) is 15.4. The Balaban J connectivity index is 1.84. The van der Waals surface area contributed by atoms with E-state index in [1.54, 1.807) is 12.1 Å². The van der Waals surface area contributed by atoms with Crippen molar-refractivity contribution < 1.29 is 9.47 Å². The third kappa shape index (κ3) is 3.46. The second-order valence-corrected chi connectivity index (χ2v) is 6.45. The van der Waals surface area contributed by atoms with E-state index in [1.165, 1.54) is 0 Å². The van der Waals surface area contributed by atoms with Gasteiger partial charge in [0.25, 0.3) is 0 Å². The van der Waals surface area contributed by atoms with Gasteiger partial charge in [0.05, 0.1) is 12.8 Å². The summed E-state index contributed by atoms with van der Waals surface area (Å²) in [6, 6.07) is 11.8. The lowest BCUT2D eigenvalue weighted by atomic mass is 10.1. The maximum absolute atomic E-state index is 6.02. The summed E-state index contributed by atoms with van der Waals surface area (Å²) >= 11 is 3.44. The van der Waals surface area contributed by atoms with Gasteiger partial charge in [-0.1, -0.05) is 33.3 Å². The molecule has 0 aromatic heterocycles. The number of hydrogen-bond acceptors (Lipinski definition) is 6. The molecule has 3 rings (SSSR count). The highest BCUT2D eigenvalue weighted by Crippen LogP contribution is 2.33. The van der Waals surface area contributed by atoms with E-state index >= 15 is 0 Å². The molecular weight excluding hydrogens is 372 g/mol. The van der Waals surface area contributed by atoms with Crippen LogP contribution in [0.1, 0.15) is 11.1 Å². The largest absolute Gasteiger partial charge is 0.493 e. The highest BCUT2D eigenvalue weighted by atomic mass is 79.9. The quantitative estimate of drug-likeness (QED) is 0.761. The van der Waals surface area contributed by atoms with Crippen molar-refractivity contribution in [3.8, 4) is 11.5 Å². The molecule has 0 unspecified atom stereocenters. The van der Waals surface area contributed by atoms with Gasteiger partial charge in [-0.3, -0.25) is 5.01 Å². The third-order valence-electron chi connectivity index (χ3n) is 3.80. The molecule has 0 spiro atoms. The Morgan fingerprint density at radius 2 is 2.00 bits per heavy atom. The highest BCUT2D eigenvalue weighted by Gasteiger charge is 2.19. The second-order valence-electron chi connectivity index (χ2n) is 5.53. The van der Waals surface area contributed by atoms with Crippen LogP contribution in [-0.2, 0) is 6.61 Å². The Hall–Kier alpha value is -2.28. The van der Waals surface area contributed by atoms with Gasteiger partial charge in [0.15, 0.2) is 11.5 Å². The van der Waals surface area contributed by atoms with Gasteiger partial charge in [0, 0.05) is 17.1 Å². The number of aryl methyl sites for hydroxylation is 1. The molecule has 0 amide bonds. The molecule has 0 N–H and O–H groups in total. The molecule has 0 saturated carbocycles. The first kappa shape index (κ1) is 16.6. The van der Waals surface area contributed by atoms with Gasteiger partial charge in [-0.25, -0.2) is 5.01 Å². The SMILES string of the molecule is COc1cc(Br)ccc1OCc1c(C)cccc1N1CN(C)N=N1. The van der Waals surface area contributed by atoms with E-state index in [1.807, 2.05) is 42.4 Å². The number of nitrogens with zero attached hydrogens (tertiary/aromatic N) is 4. The molecule has 0 radical (unpaired) electrons. The number of anilines is 1. The summed E-state index contributed by atoms with van der Waals surface area (Å²) in [5.41, 5.74) is 3.23. The summed E-state index contributed by atoms with van der Waals surface area (Å²) in [4.78, 5) is 0. The van der Waals surface area contributed by atoms with Crippen molar-refractivity contribution in [2.75, 3.05) is 25.8 Å². The number of benzene rings is 2. The Morgan fingerprint density at radius 1 is 1.17 bits per heavy atom. The standard InChI is InChI=1S/C17H19BrN4O2/c1-12-5-4-6-15(22-11-21(2)19-20-22)14(12)10-24-16-8-7-13(18)9-17(16)23-3/h4-9H,10-11H2,1-3H3. The average molecular weight is 391 g/mol. The summed E-state index contributed by atoms with van der Waals surface area (Å²) in [6.07, 6.45) is 0. The van der Waals surface area contributed by atoms with Crippen molar-refractivity contribution in [2.24, 2.45) is 10.4 Å². The van der Waals surface area contributed by atoms with Crippen molar-refractivity contribution in [1.29, 1.82) is 0 Å². The van der Waals surface area contributed by atoms with Gasteiger partial charge >= 0.3 is 0 Å². The van der Waals surface area contributed by atoms with Crippen molar-refractivity contribution >= 4 is 21.6 Å². The summed E-state index contributed by atoms with van der Waals surface area (Å²) < 4.78 is 12.3. The second kappa shape index (κ2) is 7.09. The van der Waals surface area contributed by atoms with E-state index in [2.05, 4.69) is 39.4 Å². The van der Waals surface area contributed by atoms with E-state index in [-0.39, 0.29) is 0 Å². The summed E-state index contributed by atoms with van der Waals surface area (Å²) in [7, 11) is 3.52. The molecule has 126 valence electrons. The van der Waals surface area contributed by atoms with Crippen LogP contribution >= 0.6 is 15.9 Å². The smallest absolute Gasteiger partial charge is 0.161 e. The maximum Gasteiger partial charge on any atom is 0.161 e. The molecule has 0 fully saturated rings. The Kier molecular flexibility index (Phi) is 4.89. The lowest BCUT2D eigenvalue weighted by Gasteiger charge is -2.20. The van der Waals surface area contributed by atoms with Crippen LogP contribution in [0.2, 0.25) is 0 Å². The minimum atomic E-state index is 0.426. The normalized spacial score (nSPS) is 13.5. The molecular formula is C17H19BrN4O2. The van der Waals surface area contributed by atoms with Crippen molar-refractivity contribution in [1.82, 2.24) is 5.01 Å². The molecule has 0 atom stereocenters. The van der Waals surface area contributed by atoms with Crippen LogP contribution in [0.15, 0.2) is 51.3 Å². The zero-order chi connectivity index (χ0) is 17.1. The fourth-order valence-corrected chi connectivity index (χ4v) is 2.86. The Labute approximate surface area is 149 Å². The highest BCUT2D eigenvalue weighted by molar-refractivity contribution is 9.10. The molecule has 6 nitrogen and oxygen atoms in total. The molecule has 7 heteroatoms. The lowest BCUT2D eigenvalue weighted by molar-refractivity contribution is 0.284. The minimum absolute atomic E-state index is 0.426. The number of methoxy groups -OCH3 is 1. The molecule has 1 heterocycles. The first-order chi connectivity index (χ1) is 11.6. The van der Waals surface area contributed by atoms with Crippen LogP contribution in [0.25, 0.3) is 0 Å². The molecule has 1 aliphatic heterocycles. The topological polar surface area (TPSA) is 49.7 Å². The number of rotatable bonds is 5. The maximum atomic E-state index is 6.02.